The van der Waals surface area contributed by atoms with Crippen LogP contribution in [0, 0.1) is 18.8 Å². The van der Waals surface area contributed by atoms with Crippen LogP contribution in [-0.4, -0.2) is 36.3 Å². The molecule has 146 valence electrons. The minimum absolute atomic E-state index is 0.0583. The van der Waals surface area contributed by atoms with E-state index in [4.69, 9.17) is 0 Å². The first-order valence-electron chi connectivity index (χ1n) is 10.3. The van der Waals surface area contributed by atoms with E-state index in [0.717, 1.165) is 43.6 Å². The SMILES string of the molecule is Cc1cccc(N2CC(C(=O)N3CCC(Cc4ccccc4)CC3)CC2=O)c1. The van der Waals surface area contributed by atoms with Gasteiger partial charge in [-0.1, -0.05) is 42.5 Å². The topological polar surface area (TPSA) is 40.6 Å². The number of benzene rings is 2. The molecule has 2 aromatic rings. The highest BCUT2D eigenvalue weighted by atomic mass is 16.2. The standard InChI is InChI=1S/C24H28N2O2/c1-18-6-5-9-22(14-18)26-17-21(16-23(26)27)24(28)25-12-10-20(11-13-25)15-19-7-3-2-4-8-19/h2-9,14,20-21H,10-13,15-17H2,1H3. The molecule has 28 heavy (non-hydrogen) atoms. The molecule has 2 amide bonds. The Labute approximate surface area is 167 Å². The van der Waals surface area contributed by atoms with E-state index < -0.39 is 0 Å². The second-order valence-electron chi connectivity index (χ2n) is 8.20. The molecule has 2 aliphatic rings. The Hall–Kier alpha value is -2.62. The molecule has 2 aromatic carbocycles. The molecule has 4 nitrogen and oxygen atoms in total. The number of likely N-dealkylation sites (tertiary alicyclic amines) is 1. The first-order chi connectivity index (χ1) is 13.6. The molecule has 0 saturated carbocycles. The third-order valence-electron chi connectivity index (χ3n) is 6.08. The summed E-state index contributed by atoms with van der Waals surface area (Å²) in [6.45, 7) is 4.15. The zero-order valence-electron chi connectivity index (χ0n) is 16.5. The van der Waals surface area contributed by atoms with Gasteiger partial charge < -0.3 is 9.80 Å². The van der Waals surface area contributed by atoms with Crippen molar-refractivity contribution in [1.82, 2.24) is 4.90 Å². The van der Waals surface area contributed by atoms with E-state index in [0.29, 0.717) is 18.9 Å². The number of rotatable bonds is 4. The van der Waals surface area contributed by atoms with Crippen LogP contribution in [0.5, 0.6) is 0 Å². The quantitative estimate of drug-likeness (QED) is 0.814. The Morgan fingerprint density at radius 2 is 1.79 bits per heavy atom. The van der Waals surface area contributed by atoms with Crippen LogP contribution in [0.2, 0.25) is 0 Å². The molecule has 0 aromatic heterocycles. The van der Waals surface area contributed by atoms with Crippen molar-refractivity contribution in [2.75, 3.05) is 24.5 Å². The van der Waals surface area contributed by atoms with Gasteiger partial charge in [0.2, 0.25) is 11.8 Å². The van der Waals surface area contributed by atoms with Crippen LogP contribution in [-0.2, 0) is 16.0 Å². The minimum atomic E-state index is -0.210. The van der Waals surface area contributed by atoms with Gasteiger partial charge in [-0.05, 0) is 55.4 Å². The number of hydrogen-bond donors (Lipinski definition) is 0. The predicted molar refractivity (Wildman–Crippen MR) is 111 cm³/mol. The van der Waals surface area contributed by atoms with E-state index >= 15 is 0 Å². The van der Waals surface area contributed by atoms with Crippen LogP contribution in [0.15, 0.2) is 54.6 Å². The van der Waals surface area contributed by atoms with Gasteiger partial charge in [-0.2, -0.15) is 0 Å². The van der Waals surface area contributed by atoms with E-state index in [1.807, 2.05) is 42.2 Å². The minimum Gasteiger partial charge on any atom is -0.342 e. The van der Waals surface area contributed by atoms with Gasteiger partial charge in [0.15, 0.2) is 0 Å². The van der Waals surface area contributed by atoms with Crippen LogP contribution < -0.4 is 4.90 Å². The molecule has 2 fully saturated rings. The third-order valence-corrected chi connectivity index (χ3v) is 6.08. The van der Waals surface area contributed by atoms with E-state index in [1.54, 1.807) is 4.90 Å². The van der Waals surface area contributed by atoms with Crippen molar-refractivity contribution < 1.29 is 9.59 Å². The Balaban J connectivity index is 1.32. The van der Waals surface area contributed by atoms with E-state index in [-0.39, 0.29) is 17.7 Å². The van der Waals surface area contributed by atoms with Gasteiger partial charge in [0.25, 0.3) is 0 Å². The molecule has 0 bridgehead atoms. The second kappa shape index (κ2) is 8.17. The predicted octanol–water partition coefficient (Wildman–Crippen LogP) is 3.83. The molecule has 2 aliphatic heterocycles. The number of hydrogen-bond acceptors (Lipinski definition) is 2. The number of anilines is 1. The number of nitrogens with zero attached hydrogens (tertiary/aromatic N) is 2. The van der Waals surface area contributed by atoms with Crippen molar-refractivity contribution in [2.24, 2.45) is 11.8 Å². The molecule has 1 unspecified atom stereocenters. The maximum Gasteiger partial charge on any atom is 0.228 e. The molecule has 0 spiro atoms. The zero-order valence-corrected chi connectivity index (χ0v) is 16.5. The summed E-state index contributed by atoms with van der Waals surface area (Å²) in [5.41, 5.74) is 3.41. The summed E-state index contributed by atoms with van der Waals surface area (Å²) in [4.78, 5) is 29.3. The Kier molecular flexibility index (Phi) is 5.47. The molecular weight excluding hydrogens is 348 g/mol. The fourth-order valence-corrected chi connectivity index (χ4v) is 4.48. The van der Waals surface area contributed by atoms with Crippen molar-refractivity contribution in [3.05, 3.63) is 65.7 Å². The van der Waals surface area contributed by atoms with Gasteiger partial charge >= 0.3 is 0 Å². The largest absolute Gasteiger partial charge is 0.342 e. The van der Waals surface area contributed by atoms with E-state index in [9.17, 15) is 9.59 Å². The molecule has 0 N–H and O–H groups in total. The van der Waals surface area contributed by atoms with E-state index in [2.05, 4.69) is 24.3 Å². The maximum atomic E-state index is 13.0. The molecule has 4 heteroatoms. The third kappa shape index (κ3) is 4.11. The van der Waals surface area contributed by atoms with Crippen LogP contribution in [0.1, 0.15) is 30.4 Å². The Morgan fingerprint density at radius 1 is 1.04 bits per heavy atom. The molecule has 1 atom stereocenters. The number of carbonyl (C=O) groups excluding carboxylic acids is 2. The molecule has 4 rings (SSSR count). The lowest BCUT2D eigenvalue weighted by Gasteiger charge is -2.33. The fourth-order valence-electron chi connectivity index (χ4n) is 4.48. The lowest BCUT2D eigenvalue weighted by molar-refractivity contribution is -0.137. The number of aryl methyl sites for hydroxylation is 1. The molecule has 2 heterocycles. The van der Waals surface area contributed by atoms with Crippen LogP contribution in [0.25, 0.3) is 0 Å². The van der Waals surface area contributed by atoms with Crippen LogP contribution in [0.3, 0.4) is 0 Å². The summed E-state index contributed by atoms with van der Waals surface area (Å²) in [5, 5.41) is 0. The zero-order chi connectivity index (χ0) is 19.5. The van der Waals surface area contributed by atoms with Crippen molar-refractivity contribution in [1.29, 1.82) is 0 Å². The first kappa shape index (κ1) is 18.7. The summed E-state index contributed by atoms with van der Waals surface area (Å²) in [6, 6.07) is 18.5. The Bertz CT molecular complexity index is 841. The summed E-state index contributed by atoms with van der Waals surface area (Å²) in [7, 11) is 0. The summed E-state index contributed by atoms with van der Waals surface area (Å²) < 4.78 is 0. The van der Waals surface area contributed by atoms with Crippen molar-refractivity contribution in [3.8, 4) is 0 Å². The number of amides is 2. The molecule has 2 saturated heterocycles. The van der Waals surface area contributed by atoms with Gasteiger partial charge in [-0.3, -0.25) is 9.59 Å². The fraction of sp³-hybridized carbons (Fsp3) is 0.417. The normalized spacial score (nSPS) is 20.6. The van der Waals surface area contributed by atoms with Crippen molar-refractivity contribution >= 4 is 17.5 Å². The van der Waals surface area contributed by atoms with Gasteiger partial charge in [0, 0.05) is 31.7 Å². The number of piperidine rings is 1. The van der Waals surface area contributed by atoms with E-state index in [1.165, 1.54) is 5.56 Å². The van der Waals surface area contributed by atoms with Crippen LogP contribution in [0.4, 0.5) is 5.69 Å². The summed E-state index contributed by atoms with van der Waals surface area (Å²) in [5.74, 6) is 0.642. The molecule has 0 aliphatic carbocycles. The van der Waals surface area contributed by atoms with Crippen LogP contribution >= 0.6 is 0 Å². The highest BCUT2D eigenvalue weighted by Gasteiger charge is 2.38. The smallest absolute Gasteiger partial charge is 0.228 e. The lowest BCUT2D eigenvalue weighted by Crippen LogP contribution is -2.42. The molecule has 0 radical (unpaired) electrons. The van der Waals surface area contributed by atoms with Gasteiger partial charge in [-0.15, -0.1) is 0 Å². The highest BCUT2D eigenvalue weighted by molar-refractivity contribution is 6.00. The van der Waals surface area contributed by atoms with Gasteiger partial charge in [-0.25, -0.2) is 0 Å². The maximum absolute atomic E-state index is 13.0. The van der Waals surface area contributed by atoms with Gasteiger partial charge in [0.1, 0.15) is 0 Å². The monoisotopic (exact) mass is 376 g/mol. The Morgan fingerprint density at radius 3 is 2.50 bits per heavy atom. The average Bonchev–Trinajstić information content (AvgIpc) is 3.10. The summed E-state index contributed by atoms with van der Waals surface area (Å²) >= 11 is 0. The average molecular weight is 377 g/mol. The number of carbonyl (C=O) groups is 2. The van der Waals surface area contributed by atoms with Crippen molar-refractivity contribution in [3.63, 3.8) is 0 Å². The van der Waals surface area contributed by atoms with Gasteiger partial charge in [0.05, 0.1) is 5.92 Å². The molecular formula is C24H28N2O2. The second-order valence-corrected chi connectivity index (χ2v) is 8.20. The first-order valence-corrected chi connectivity index (χ1v) is 10.3. The van der Waals surface area contributed by atoms with Crippen molar-refractivity contribution in [2.45, 2.75) is 32.6 Å². The lowest BCUT2D eigenvalue weighted by atomic mass is 9.89. The summed E-state index contributed by atoms with van der Waals surface area (Å²) in [6.07, 6.45) is 3.51. The highest BCUT2D eigenvalue weighted by Crippen LogP contribution is 2.29.